The molecule has 1 rings (SSSR count). The quantitative estimate of drug-likeness (QED) is 0.712. The van der Waals surface area contributed by atoms with E-state index in [-0.39, 0.29) is 6.04 Å². The van der Waals surface area contributed by atoms with Gasteiger partial charge in [0.2, 0.25) is 0 Å². The van der Waals surface area contributed by atoms with Crippen LogP contribution in [0.5, 0.6) is 0 Å². The van der Waals surface area contributed by atoms with Crippen LogP contribution >= 0.6 is 0 Å². The smallest absolute Gasteiger partial charge is 0.0264 e. The minimum absolute atomic E-state index is 0.0924. The maximum Gasteiger partial charge on any atom is 0.0264 e. The number of benzene rings is 1. The van der Waals surface area contributed by atoms with E-state index in [0.29, 0.717) is 12.2 Å². The van der Waals surface area contributed by atoms with Crippen LogP contribution in [0.15, 0.2) is 24.3 Å². The summed E-state index contributed by atoms with van der Waals surface area (Å²) in [4.78, 5) is 0. The van der Waals surface area contributed by atoms with E-state index >= 15 is 0 Å². The summed E-state index contributed by atoms with van der Waals surface area (Å²) >= 11 is 0. The molecule has 0 radical (unpaired) electrons. The Kier molecular flexibility index (Phi) is 4.08. The van der Waals surface area contributed by atoms with Gasteiger partial charge in [-0.25, -0.2) is 0 Å². The highest BCUT2D eigenvalue weighted by Crippen LogP contribution is 2.18. The molecule has 0 aliphatic rings. The van der Waals surface area contributed by atoms with Gasteiger partial charge in [-0.05, 0) is 38.6 Å². The maximum atomic E-state index is 11.6. The van der Waals surface area contributed by atoms with Crippen molar-refractivity contribution in [3.8, 4) is 0 Å². The molecule has 0 unspecified atom stereocenters. The summed E-state index contributed by atoms with van der Waals surface area (Å²) in [7, 11) is 1.46. The lowest BCUT2D eigenvalue weighted by Crippen LogP contribution is -2.23. The van der Waals surface area contributed by atoms with Crippen molar-refractivity contribution in [2.75, 3.05) is 12.1 Å². The molecule has 4 nitrogen and oxygen atoms in total. The molecule has 0 heterocycles. The SMILES string of the molecule is CC(C)N([O-])c1cccc(CN(C)[O-])c1. The molecule has 0 saturated carbocycles. The zero-order valence-electron chi connectivity index (χ0n) is 9.30. The molecule has 15 heavy (non-hydrogen) atoms. The molecule has 0 bridgehead atoms. The van der Waals surface area contributed by atoms with Crippen LogP contribution in [0.25, 0.3) is 0 Å². The van der Waals surface area contributed by atoms with Crippen molar-refractivity contribution in [3.05, 3.63) is 40.2 Å². The Morgan fingerprint density at radius 2 is 1.93 bits per heavy atom. The number of hydrogen-bond donors (Lipinski definition) is 0. The zero-order chi connectivity index (χ0) is 11.4. The lowest BCUT2D eigenvalue weighted by molar-refractivity contribution is 0.453. The first-order valence-corrected chi connectivity index (χ1v) is 4.94. The van der Waals surface area contributed by atoms with Crippen molar-refractivity contribution in [1.82, 2.24) is 5.06 Å². The van der Waals surface area contributed by atoms with Gasteiger partial charge in [-0.2, -0.15) is 0 Å². The van der Waals surface area contributed by atoms with Gasteiger partial charge in [0.05, 0.1) is 0 Å². The fraction of sp³-hybridized carbons (Fsp3) is 0.455. The van der Waals surface area contributed by atoms with Crippen molar-refractivity contribution in [3.63, 3.8) is 0 Å². The van der Waals surface area contributed by atoms with Crippen molar-refractivity contribution in [2.24, 2.45) is 0 Å². The van der Waals surface area contributed by atoms with Gasteiger partial charge in [-0.1, -0.05) is 12.1 Å². The van der Waals surface area contributed by atoms with Crippen LogP contribution in [-0.2, 0) is 6.54 Å². The molecule has 0 aromatic heterocycles. The molecule has 0 amide bonds. The van der Waals surface area contributed by atoms with Gasteiger partial charge in [-0.15, -0.1) is 0 Å². The summed E-state index contributed by atoms with van der Waals surface area (Å²) in [6, 6.07) is 7.04. The van der Waals surface area contributed by atoms with Crippen molar-refractivity contribution in [2.45, 2.75) is 26.4 Å². The average Bonchev–Trinajstić information content (AvgIpc) is 2.16. The van der Waals surface area contributed by atoms with Crippen LogP contribution in [0.4, 0.5) is 5.69 Å². The average molecular weight is 208 g/mol. The van der Waals surface area contributed by atoms with Crippen LogP contribution in [0.2, 0.25) is 0 Å². The number of hydrogen-bond acceptors (Lipinski definition) is 4. The highest BCUT2D eigenvalue weighted by atomic mass is 16.5. The van der Waals surface area contributed by atoms with Gasteiger partial charge in [0.1, 0.15) is 0 Å². The summed E-state index contributed by atoms with van der Waals surface area (Å²) in [6.45, 7) is 3.97. The molecular weight excluding hydrogens is 192 g/mol. The predicted octanol–water partition coefficient (Wildman–Crippen LogP) is 2.33. The molecule has 0 atom stereocenters. The second-order valence-corrected chi connectivity index (χ2v) is 3.88. The Morgan fingerprint density at radius 1 is 1.27 bits per heavy atom. The summed E-state index contributed by atoms with van der Waals surface area (Å²) in [5.74, 6) is 0. The molecule has 0 saturated heterocycles. The predicted molar refractivity (Wildman–Crippen MR) is 62.3 cm³/mol. The van der Waals surface area contributed by atoms with Gasteiger partial charge in [0.15, 0.2) is 0 Å². The van der Waals surface area contributed by atoms with E-state index < -0.39 is 0 Å². The monoisotopic (exact) mass is 208 g/mol. The van der Waals surface area contributed by atoms with E-state index in [1.807, 2.05) is 19.9 Å². The van der Waals surface area contributed by atoms with Crippen LogP contribution in [0, 0.1) is 10.4 Å². The van der Waals surface area contributed by atoms with E-state index in [4.69, 9.17) is 0 Å². The normalized spacial score (nSPS) is 11.1. The lowest BCUT2D eigenvalue weighted by Gasteiger charge is -2.35. The Hall–Kier alpha value is -1.10. The Balaban J connectivity index is 2.82. The summed E-state index contributed by atoms with van der Waals surface area (Å²) in [5, 5.41) is 24.2. The highest BCUT2D eigenvalue weighted by Gasteiger charge is 2.00. The van der Waals surface area contributed by atoms with E-state index in [2.05, 4.69) is 0 Å². The van der Waals surface area contributed by atoms with Crippen LogP contribution in [-0.4, -0.2) is 18.2 Å². The van der Waals surface area contributed by atoms with Crippen molar-refractivity contribution < 1.29 is 0 Å². The lowest BCUT2D eigenvalue weighted by atomic mass is 10.2. The fourth-order valence-corrected chi connectivity index (χ4v) is 1.35. The summed E-state index contributed by atoms with van der Waals surface area (Å²) in [5.41, 5.74) is 1.45. The third kappa shape index (κ3) is 3.51. The Labute approximate surface area is 90.3 Å². The van der Waals surface area contributed by atoms with Crippen LogP contribution in [0.3, 0.4) is 0 Å². The second kappa shape index (κ2) is 5.11. The highest BCUT2D eigenvalue weighted by molar-refractivity contribution is 5.50. The molecule has 0 aliphatic carbocycles. The Morgan fingerprint density at radius 3 is 2.47 bits per heavy atom. The van der Waals surface area contributed by atoms with Crippen molar-refractivity contribution in [1.29, 1.82) is 0 Å². The van der Waals surface area contributed by atoms with Gasteiger partial charge in [0, 0.05) is 18.3 Å². The van der Waals surface area contributed by atoms with Gasteiger partial charge < -0.3 is 20.5 Å². The number of hydroxylamine groups is 3. The van der Waals surface area contributed by atoms with Crippen LogP contribution < -0.4 is 5.06 Å². The first-order valence-electron chi connectivity index (χ1n) is 4.94. The minimum atomic E-state index is -0.0924. The first-order chi connectivity index (χ1) is 7.00. The molecule has 84 valence electrons. The van der Waals surface area contributed by atoms with E-state index in [9.17, 15) is 10.4 Å². The van der Waals surface area contributed by atoms with Gasteiger partial charge in [0.25, 0.3) is 0 Å². The van der Waals surface area contributed by atoms with Crippen LogP contribution in [0.1, 0.15) is 19.4 Å². The molecule has 0 fully saturated rings. The third-order valence-corrected chi connectivity index (χ3v) is 2.04. The molecule has 4 heteroatoms. The summed E-state index contributed by atoms with van der Waals surface area (Å²) < 4.78 is 0. The second-order valence-electron chi connectivity index (χ2n) is 3.88. The maximum absolute atomic E-state index is 11.6. The Bertz CT molecular complexity index is 313. The number of nitrogens with zero attached hydrogens (tertiary/aromatic N) is 2. The molecule has 1 aromatic carbocycles. The van der Waals surface area contributed by atoms with E-state index in [0.717, 1.165) is 15.7 Å². The molecule has 0 N–H and O–H groups in total. The standard InChI is InChI=1S/C11H16N2O2/c1-9(2)13(15)11-6-4-5-10(7-11)8-12(3)14/h4-7,9H,8H2,1-3H3/q-2. The number of rotatable bonds is 4. The molecule has 0 spiro atoms. The minimum Gasteiger partial charge on any atom is -0.785 e. The third-order valence-electron chi connectivity index (χ3n) is 2.04. The zero-order valence-corrected chi connectivity index (χ0v) is 9.30. The molecular formula is C11H16N2O2-2. The summed E-state index contributed by atoms with van der Waals surface area (Å²) in [6.07, 6.45) is 0. The van der Waals surface area contributed by atoms with E-state index in [1.165, 1.54) is 7.05 Å². The van der Waals surface area contributed by atoms with Crippen molar-refractivity contribution >= 4 is 5.69 Å². The van der Waals surface area contributed by atoms with Gasteiger partial charge in [-0.3, -0.25) is 0 Å². The van der Waals surface area contributed by atoms with Gasteiger partial charge >= 0.3 is 0 Å². The largest absolute Gasteiger partial charge is 0.785 e. The van der Waals surface area contributed by atoms with E-state index in [1.54, 1.807) is 18.2 Å². The molecule has 1 aromatic rings. The number of anilines is 1. The topological polar surface area (TPSA) is 52.6 Å². The fourth-order valence-electron chi connectivity index (χ4n) is 1.35. The first kappa shape index (κ1) is 12.0. The molecule has 0 aliphatic heterocycles.